The maximum atomic E-state index is 6.32. The van der Waals surface area contributed by atoms with Gasteiger partial charge in [-0.2, -0.15) is 0 Å². The lowest BCUT2D eigenvalue weighted by Gasteiger charge is -2.15. The molecule has 2 aromatic rings. The molecule has 1 heterocycles. The Hall–Kier alpha value is -1.51. The van der Waals surface area contributed by atoms with Crippen molar-refractivity contribution in [2.24, 2.45) is 5.73 Å². The minimum atomic E-state index is -0.0395. The molecule has 0 aliphatic carbocycles. The largest absolute Gasteiger partial charge is 0.493 e. The molecule has 0 bridgehead atoms. The van der Waals surface area contributed by atoms with Gasteiger partial charge in [0.2, 0.25) is 0 Å². The topological polar surface area (TPSA) is 35.2 Å². The number of rotatable bonds is 3. The molecule has 3 rings (SSSR count). The molecule has 0 fully saturated rings. The molecule has 2 aromatic carbocycles. The summed E-state index contributed by atoms with van der Waals surface area (Å²) in [5, 5.41) is 0.764. The van der Waals surface area contributed by atoms with Gasteiger partial charge in [-0.15, -0.1) is 0 Å². The van der Waals surface area contributed by atoms with Crippen LogP contribution in [0, 0.1) is 6.92 Å². The van der Waals surface area contributed by atoms with E-state index in [1.165, 1.54) is 11.1 Å². The van der Waals surface area contributed by atoms with Crippen molar-refractivity contribution in [1.82, 2.24) is 0 Å². The van der Waals surface area contributed by atoms with Crippen LogP contribution in [-0.2, 0) is 12.8 Å². The smallest absolute Gasteiger partial charge is 0.125 e. The van der Waals surface area contributed by atoms with E-state index in [0.29, 0.717) is 0 Å². The van der Waals surface area contributed by atoms with Gasteiger partial charge in [-0.1, -0.05) is 41.4 Å². The number of aryl methyl sites for hydroxylation is 1. The molecule has 0 radical (unpaired) electrons. The highest BCUT2D eigenvalue weighted by molar-refractivity contribution is 6.30. The van der Waals surface area contributed by atoms with Crippen LogP contribution in [0.4, 0.5) is 0 Å². The van der Waals surface area contributed by atoms with E-state index in [4.69, 9.17) is 22.1 Å². The first-order valence-corrected chi connectivity index (χ1v) is 7.27. The first-order chi connectivity index (χ1) is 9.63. The number of benzene rings is 2. The van der Waals surface area contributed by atoms with Gasteiger partial charge in [-0.05, 0) is 42.2 Å². The van der Waals surface area contributed by atoms with Crippen LogP contribution in [0.25, 0.3) is 0 Å². The fraction of sp³-hybridized carbons (Fsp3) is 0.294. The van der Waals surface area contributed by atoms with Crippen LogP contribution >= 0.6 is 11.6 Å². The maximum absolute atomic E-state index is 6.32. The Morgan fingerprint density at radius 1 is 1.25 bits per heavy atom. The molecule has 1 aliphatic rings. The summed E-state index contributed by atoms with van der Waals surface area (Å²) >= 11 is 6.18. The van der Waals surface area contributed by atoms with Crippen LogP contribution in [0.2, 0.25) is 5.02 Å². The molecule has 0 spiro atoms. The van der Waals surface area contributed by atoms with Gasteiger partial charge in [-0.3, -0.25) is 0 Å². The highest BCUT2D eigenvalue weighted by atomic mass is 35.5. The Morgan fingerprint density at radius 2 is 2.00 bits per heavy atom. The zero-order chi connectivity index (χ0) is 14.1. The second kappa shape index (κ2) is 5.47. The van der Waals surface area contributed by atoms with Crippen LogP contribution in [0.3, 0.4) is 0 Å². The van der Waals surface area contributed by atoms with Crippen molar-refractivity contribution in [3.63, 3.8) is 0 Å². The van der Waals surface area contributed by atoms with E-state index in [0.717, 1.165) is 41.3 Å². The normalized spacial score (nSPS) is 14.8. The highest BCUT2D eigenvalue weighted by Crippen LogP contribution is 2.34. The molecule has 104 valence electrons. The fourth-order valence-electron chi connectivity index (χ4n) is 2.67. The summed E-state index contributed by atoms with van der Waals surface area (Å²) < 4.78 is 5.73. The summed E-state index contributed by atoms with van der Waals surface area (Å²) in [6, 6.07) is 12.3. The third-order valence-electron chi connectivity index (χ3n) is 3.77. The minimum Gasteiger partial charge on any atom is -0.493 e. The molecule has 0 saturated heterocycles. The lowest BCUT2D eigenvalue weighted by Crippen LogP contribution is -2.13. The third kappa shape index (κ3) is 2.67. The quantitative estimate of drug-likeness (QED) is 0.931. The summed E-state index contributed by atoms with van der Waals surface area (Å²) in [6.07, 6.45) is 1.68. The first-order valence-electron chi connectivity index (χ1n) is 6.90. The molecule has 1 unspecified atom stereocenters. The van der Waals surface area contributed by atoms with E-state index in [2.05, 4.69) is 31.2 Å². The standard InChI is InChI=1S/C17H18ClNO/c1-11-2-4-12(5-3-11)16(19)10-14-9-15(18)8-13-6-7-20-17(13)14/h2-5,8-9,16H,6-7,10,19H2,1H3. The van der Waals surface area contributed by atoms with Crippen molar-refractivity contribution >= 4 is 11.6 Å². The number of ether oxygens (including phenoxy) is 1. The van der Waals surface area contributed by atoms with Gasteiger partial charge in [0.05, 0.1) is 6.61 Å². The summed E-state index contributed by atoms with van der Waals surface area (Å²) in [5.74, 6) is 0.983. The molecular weight excluding hydrogens is 270 g/mol. The van der Waals surface area contributed by atoms with Crippen molar-refractivity contribution in [3.8, 4) is 5.75 Å². The molecule has 1 aliphatic heterocycles. The lowest BCUT2D eigenvalue weighted by molar-refractivity contribution is 0.352. The number of nitrogens with two attached hydrogens (primary N) is 1. The summed E-state index contributed by atoms with van der Waals surface area (Å²) in [7, 11) is 0. The van der Waals surface area contributed by atoms with Crippen molar-refractivity contribution in [1.29, 1.82) is 0 Å². The van der Waals surface area contributed by atoms with E-state index in [1.807, 2.05) is 12.1 Å². The van der Waals surface area contributed by atoms with Gasteiger partial charge < -0.3 is 10.5 Å². The number of hydrogen-bond donors (Lipinski definition) is 1. The Kier molecular flexibility index (Phi) is 3.68. The fourth-order valence-corrected chi connectivity index (χ4v) is 2.93. The molecule has 2 nitrogen and oxygen atoms in total. The van der Waals surface area contributed by atoms with Gasteiger partial charge in [0.1, 0.15) is 5.75 Å². The molecule has 0 saturated carbocycles. The number of halogens is 1. The van der Waals surface area contributed by atoms with Crippen molar-refractivity contribution < 1.29 is 4.74 Å². The zero-order valence-corrected chi connectivity index (χ0v) is 12.3. The monoisotopic (exact) mass is 287 g/mol. The SMILES string of the molecule is Cc1ccc(C(N)Cc2cc(Cl)cc3c2OCC3)cc1. The van der Waals surface area contributed by atoms with E-state index < -0.39 is 0 Å². The number of fused-ring (bicyclic) bond motifs is 1. The van der Waals surface area contributed by atoms with Gasteiger partial charge in [0.15, 0.2) is 0 Å². The van der Waals surface area contributed by atoms with Crippen molar-refractivity contribution in [2.75, 3.05) is 6.61 Å². The van der Waals surface area contributed by atoms with Gasteiger partial charge in [0, 0.05) is 17.5 Å². The van der Waals surface area contributed by atoms with Crippen LogP contribution in [0.15, 0.2) is 36.4 Å². The molecule has 3 heteroatoms. The summed E-state index contributed by atoms with van der Waals surface area (Å²) in [4.78, 5) is 0. The van der Waals surface area contributed by atoms with Crippen LogP contribution in [-0.4, -0.2) is 6.61 Å². The van der Waals surface area contributed by atoms with Gasteiger partial charge in [0.25, 0.3) is 0 Å². The Bertz CT molecular complexity index is 622. The predicted molar refractivity (Wildman–Crippen MR) is 82.5 cm³/mol. The second-order valence-corrected chi connectivity index (χ2v) is 5.81. The molecule has 0 aromatic heterocycles. The summed E-state index contributed by atoms with van der Waals surface area (Å²) in [5.41, 5.74) is 11.0. The Morgan fingerprint density at radius 3 is 2.75 bits per heavy atom. The van der Waals surface area contributed by atoms with Crippen molar-refractivity contribution in [2.45, 2.75) is 25.8 Å². The second-order valence-electron chi connectivity index (χ2n) is 5.37. The lowest BCUT2D eigenvalue weighted by atomic mass is 9.97. The van der Waals surface area contributed by atoms with Gasteiger partial charge >= 0.3 is 0 Å². The van der Waals surface area contributed by atoms with Gasteiger partial charge in [-0.25, -0.2) is 0 Å². The molecular formula is C17H18ClNO. The minimum absolute atomic E-state index is 0.0395. The van der Waals surface area contributed by atoms with Crippen LogP contribution < -0.4 is 10.5 Å². The van der Waals surface area contributed by atoms with Crippen LogP contribution in [0.5, 0.6) is 5.75 Å². The number of hydrogen-bond acceptors (Lipinski definition) is 2. The van der Waals surface area contributed by atoms with E-state index in [-0.39, 0.29) is 6.04 Å². The average molecular weight is 288 g/mol. The molecule has 1 atom stereocenters. The maximum Gasteiger partial charge on any atom is 0.125 e. The first kappa shape index (κ1) is 13.5. The Balaban J connectivity index is 1.86. The third-order valence-corrected chi connectivity index (χ3v) is 3.99. The molecule has 2 N–H and O–H groups in total. The van der Waals surface area contributed by atoms with Crippen LogP contribution in [0.1, 0.15) is 28.3 Å². The summed E-state index contributed by atoms with van der Waals surface area (Å²) in [6.45, 7) is 2.81. The van der Waals surface area contributed by atoms with E-state index in [9.17, 15) is 0 Å². The average Bonchev–Trinajstić information content (AvgIpc) is 2.87. The Labute approximate surface area is 124 Å². The molecule has 0 amide bonds. The predicted octanol–water partition coefficient (Wildman–Crippen LogP) is 3.83. The molecule has 20 heavy (non-hydrogen) atoms. The highest BCUT2D eigenvalue weighted by Gasteiger charge is 2.19. The van der Waals surface area contributed by atoms with E-state index >= 15 is 0 Å². The van der Waals surface area contributed by atoms with Crippen molar-refractivity contribution in [3.05, 3.63) is 63.7 Å². The zero-order valence-electron chi connectivity index (χ0n) is 11.5. The van der Waals surface area contributed by atoms with E-state index in [1.54, 1.807) is 0 Å².